The summed E-state index contributed by atoms with van der Waals surface area (Å²) in [5.41, 5.74) is 0. The van der Waals surface area contributed by atoms with E-state index >= 15 is 0 Å². The first-order valence-corrected chi connectivity index (χ1v) is 6.20. The van der Waals surface area contributed by atoms with Crippen LogP contribution in [0.4, 0.5) is 0 Å². The average Bonchev–Trinajstić information content (AvgIpc) is 1.63. The van der Waals surface area contributed by atoms with Crippen molar-refractivity contribution < 1.29 is 0 Å². The first kappa shape index (κ1) is 11.2. The van der Waals surface area contributed by atoms with E-state index in [1.165, 1.54) is 6.42 Å². The zero-order valence-electron chi connectivity index (χ0n) is 5.50. The van der Waals surface area contributed by atoms with E-state index in [0.717, 1.165) is 5.92 Å². The minimum Gasteiger partial charge on any atom is -0.0791 e. The summed E-state index contributed by atoms with van der Waals surface area (Å²) in [5.74, 6) is 0.796. The molecule has 1 radical (unpaired) electrons. The van der Waals surface area contributed by atoms with Crippen molar-refractivity contribution in [3.05, 3.63) is 4.43 Å². The van der Waals surface area contributed by atoms with Crippen LogP contribution in [0.5, 0.6) is 0 Å². The summed E-state index contributed by atoms with van der Waals surface area (Å²) in [4.78, 5) is 0. The molecule has 0 rings (SSSR count). The van der Waals surface area contributed by atoms with E-state index in [0.29, 0.717) is 1.43 Å². The summed E-state index contributed by atoms with van der Waals surface area (Å²) < 4.78 is 2.59. The highest BCUT2D eigenvalue weighted by molar-refractivity contribution is 14.2. The van der Waals surface area contributed by atoms with Gasteiger partial charge in [0.1, 0.15) is 0 Å². The van der Waals surface area contributed by atoms with Gasteiger partial charge in [-0.3, -0.25) is 0 Å². The van der Waals surface area contributed by atoms with E-state index in [1.54, 1.807) is 0 Å². The summed E-state index contributed by atoms with van der Waals surface area (Å²) in [6.07, 6.45) is 1.26. The quantitative estimate of drug-likeness (QED) is 0.436. The Kier molecular flexibility index (Phi) is 6.15. The number of alkyl halides is 2. The van der Waals surface area contributed by atoms with E-state index in [9.17, 15) is 0 Å². The molecule has 0 saturated heterocycles. The minimum atomic E-state index is 0.365. The molecule has 0 aliphatic heterocycles. The molecule has 0 bridgehead atoms. The van der Waals surface area contributed by atoms with E-state index < -0.39 is 0 Å². The number of rotatable bonds is 3. The maximum atomic E-state index is 2.48. The normalized spacial score (nSPS) is 12.7. The zero-order chi connectivity index (χ0) is 7.49. The van der Waals surface area contributed by atoms with Crippen LogP contribution < -0.4 is 0 Å². The molecule has 0 aromatic carbocycles. The molecular weight excluding hydrogens is 453 g/mol. The van der Waals surface area contributed by atoms with Crippen LogP contribution in [0.3, 0.4) is 0 Å². The standard InChI is InChI=1S/C6H10I3/c1-5(2)3-6(8,9)4-7/h4-5H,3H2,1-2H3. The summed E-state index contributed by atoms with van der Waals surface area (Å²) in [7, 11) is 0. The third-order valence-corrected chi connectivity index (χ3v) is 5.79. The van der Waals surface area contributed by atoms with Gasteiger partial charge in [0.25, 0.3) is 0 Å². The Morgan fingerprint density at radius 3 is 2.00 bits per heavy atom. The van der Waals surface area contributed by atoms with Crippen LogP contribution >= 0.6 is 67.8 Å². The Morgan fingerprint density at radius 2 is 1.89 bits per heavy atom. The SMILES string of the molecule is CC(C)CC(I)(I)[CH]I. The van der Waals surface area contributed by atoms with Crippen LogP contribution in [-0.4, -0.2) is 1.43 Å². The fourth-order valence-electron chi connectivity index (χ4n) is 0.589. The predicted molar refractivity (Wildman–Crippen MR) is 68.5 cm³/mol. The molecular formula is C6H10I3. The van der Waals surface area contributed by atoms with Crippen LogP contribution in [0.1, 0.15) is 20.3 Å². The molecule has 0 amide bonds. The molecule has 0 heterocycles. The monoisotopic (exact) mass is 463 g/mol. The van der Waals surface area contributed by atoms with Crippen molar-refractivity contribution in [2.45, 2.75) is 21.7 Å². The van der Waals surface area contributed by atoms with Gasteiger partial charge in [0.2, 0.25) is 0 Å². The Labute approximate surface area is 98.3 Å². The van der Waals surface area contributed by atoms with Gasteiger partial charge in [-0.05, 0) is 12.3 Å². The highest BCUT2D eigenvalue weighted by atomic mass is 127. The fraction of sp³-hybridized carbons (Fsp3) is 0.833. The highest BCUT2D eigenvalue weighted by Gasteiger charge is 2.21. The average molecular weight is 463 g/mol. The van der Waals surface area contributed by atoms with E-state index in [1.807, 2.05) is 0 Å². The molecule has 55 valence electrons. The van der Waals surface area contributed by atoms with Crippen LogP contribution in [0.2, 0.25) is 0 Å². The Bertz CT molecular complexity index is 78.4. The Balaban J connectivity index is 3.58. The molecule has 0 aliphatic rings. The van der Waals surface area contributed by atoms with Crippen LogP contribution in [0.15, 0.2) is 0 Å². The van der Waals surface area contributed by atoms with Crippen molar-refractivity contribution in [3.63, 3.8) is 0 Å². The summed E-state index contributed by atoms with van der Waals surface area (Å²) in [6, 6.07) is 0. The number of hydrogen-bond donors (Lipinski definition) is 0. The maximum Gasteiger partial charge on any atom is 0.0864 e. The van der Waals surface area contributed by atoms with E-state index in [2.05, 4.69) is 86.0 Å². The molecule has 0 aromatic rings. The summed E-state index contributed by atoms with van der Waals surface area (Å²) >= 11 is 7.28. The molecule has 0 unspecified atom stereocenters. The largest absolute Gasteiger partial charge is 0.0864 e. The van der Waals surface area contributed by atoms with Gasteiger partial charge in [0, 0.05) is 4.43 Å². The van der Waals surface area contributed by atoms with Crippen molar-refractivity contribution in [2.75, 3.05) is 0 Å². The van der Waals surface area contributed by atoms with Crippen molar-refractivity contribution in [1.29, 1.82) is 0 Å². The maximum absolute atomic E-state index is 2.48. The van der Waals surface area contributed by atoms with Gasteiger partial charge < -0.3 is 0 Å². The van der Waals surface area contributed by atoms with Crippen molar-refractivity contribution >= 4 is 67.8 Å². The topological polar surface area (TPSA) is 0 Å². The molecule has 0 N–H and O–H groups in total. The van der Waals surface area contributed by atoms with Gasteiger partial charge in [-0.2, -0.15) is 0 Å². The van der Waals surface area contributed by atoms with Crippen molar-refractivity contribution in [2.24, 2.45) is 5.92 Å². The van der Waals surface area contributed by atoms with Gasteiger partial charge in [-0.1, -0.05) is 81.6 Å². The van der Waals surface area contributed by atoms with Crippen LogP contribution in [0, 0.1) is 10.3 Å². The van der Waals surface area contributed by atoms with Crippen LogP contribution in [0.25, 0.3) is 0 Å². The lowest BCUT2D eigenvalue weighted by Gasteiger charge is -2.18. The molecule has 9 heavy (non-hydrogen) atoms. The third-order valence-electron chi connectivity index (χ3n) is 0.840. The first-order chi connectivity index (χ1) is 3.98. The third kappa shape index (κ3) is 6.58. The lowest BCUT2D eigenvalue weighted by atomic mass is 10.1. The second kappa shape index (κ2) is 4.95. The smallest absolute Gasteiger partial charge is 0.0791 e. The van der Waals surface area contributed by atoms with E-state index in [4.69, 9.17) is 0 Å². The highest BCUT2D eigenvalue weighted by Crippen LogP contribution is 2.39. The fourth-order valence-corrected chi connectivity index (χ4v) is 2.60. The summed E-state index contributed by atoms with van der Waals surface area (Å²) in [6.45, 7) is 4.51. The van der Waals surface area contributed by atoms with Gasteiger partial charge in [-0.15, -0.1) is 0 Å². The second-order valence-corrected chi connectivity index (χ2v) is 9.00. The molecule has 0 saturated carbocycles. The lowest BCUT2D eigenvalue weighted by Crippen LogP contribution is -2.11. The molecule has 0 fully saturated rings. The molecule has 0 aromatic heterocycles. The molecule has 0 nitrogen and oxygen atoms in total. The van der Waals surface area contributed by atoms with Gasteiger partial charge >= 0.3 is 0 Å². The van der Waals surface area contributed by atoms with Crippen LogP contribution in [-0.2, 0) is 0 Å². The van der Waals surface area contributed by atoms with Gasteiger partial charge in [0.15, 0.2) is 0 Å². The van der Waals surface area contributed by atoms with E-state index in [-0.39, 0.29) is 0 Å². The molecule has 0 atom stereocenters. The molecule has 0 spiro atoms. The van der Waals surface area contributed by atoms with Crippen molar-refractivity contribution in [3.8, 4) is 0 Å². The second-order valence-electron chi connectivity index (χ2n) is 2.47. The van der Waals surface area contributed by atoms with Gasteiger partial charge in [0.05, 0.1) is 1.43 Å². The van der Waals surface area contributed by atoms with Crippen molar-refractivity contribution in [1.82, 2.24) is 0 Å². The first-order valence-electron chi connectivity index (χ1n) is 2.80. The predicted octanol–water partition coefficient (Wildman–Crippen LogP) is 4.20. The Morgan fingerprint density at radius 1 is 1.44 bits per heavy atom. The molecule has 3 heteroatoms. The lowest BCUT2D eigenvalue weighted by molar-refractivity contribution is 0.600. The zero-order valence-corrected chi connectivity index (χ0v) is 12.0. The van der Waals surface area contributed by atoms with Gasteiger partial charge in [-0.25, -0.2) is 0 Å². The number of halogens is 3. The Hall–Kier alpha value is 2.19. The number of hydrogen-bond acceptors (Lipinski definition) is 0. The minimum absolute atomic E-state index is 0.365. The molecule has 0 aliphatic carbocycles. The summed E-state index contributed by atoms with van der Waals surface area (Å²) in [5, 5.41) is 0.